The molecule has 0 unspecified atom stereocenters. The molecule has 0 aliphatic heterocycles. The third-order valence-electron chi connectivity index (χ3n) is 6.21. The number of unbranched alkanes of at least 4 members (excludes halogenated alkanes) is 1. The van der Waals surface area contributed by atoms with Crippen molar-refractivity contribution in [2.75, 3.05) is 13.2 Å². The predicted octanol–water partition coefficient (Wildman–Crippen LogP) is -4.62. The first kappa shape index (κ1) is 38.6. The van der Waals surface area contributed by atoms with Crippen molar-refractivity contribution in [2.45, 2.75) is 102 Å². The van der Waals surface area contributed by atoms with Crippen molar-refractivity contribution in [2.24, 2.45) is 17.4 Å². The van der Waals surface area contributed by atoms with Crippen molar-refractivity contribution in [3.63, 3.8) is 0 Å². The summed E-state index contributed by atoms with van der Waals surface area (Å²) in [5.41, 5.74) is 10.9. The number of aliphatic carboxylic acids is 1. The van der Waals surface area contributed by atoms with Gasteiger partial charge in [0.25, 0.3) is 0 Å². The second-order valence-corrected chi connectivity index (χ2v) is 10.4. The van der Waals surface area contributed by atoms with Crippen LogP contribution in [0.1, 0.15) is 53.9 Å². The van der Waals surface area contributed by atoms with Crippen LogP contribution in [0.15, 0.2) is 0 Å². The number of carboxylic acid groups (broad SMARTS) is 1. The van der Waals surface area contributed by atoms with Gasteiger partial charge in [0.1, 0.15) is 36.3 Å². The van der Waals surface area contributed by atoms with Crippen LogP contribution >= 0.6 is 0 Å². The lowest BCUT2D eigenvalue weighted by molar-refractivity contribution is -0.142. The standard InChI is InChI=1S/C25H47N7O10/c1-11(2)17(22(38)29-16(8-6-7-9-26)21(37)28-12(3)25(41)42)30-23(39)19(14(5)35)32-24(40)18(13(4)34)31-20(36)15(27)10-33/h11-19,33-35H,6-10,26-27H2,1-5H3,(H,28,37)(H,29,38)(H,30,39)(H,31,36)(H,32,40)(H,41,42)/t12-,13+,14+,15-,16-,17-,18-,19-/m0/s1. The number of carbonyl (C=O) groups excluding carboxylic acids is 5. The highest BCUT2D eigenvalue weighted by Crippen LogP contribution is 2.08. The number of nitrogens with two attached hydrogens (primary N) is 2. The molecule has 0 heterocycles. The molecule has 0 aliphatic carbocycles. The zero-order valence-corrected chi connectivity index (χ0v) is 24.6. The topological polar surface area (TPSA) is 296 Å². The molecular formula is C25H47N7O10. The van der Waals surface area contributed by atoms with Gasteiger partial charge in [-0.3, -0.25) is 28.8 Å². The van der Waals surface area contributed by atoms with Gasteiger partial charge in [-0.25, -0.2) is 0 Å². The maximum absolute atomic E-state index is 13.2. The Morgan fingerprint density at radius 3 is 1.52 bits per heavy atom. The van der Waals surface area contributed by atoms with Crippen LogP contribution in [0.4, 0.5) is 0 Å². The second kappa shape index (κ2) is 18.9. The molecule has 0 saturated carbocycles. The van der Waals surface area contributed by atoms with Crippen LogP contribution in [0.5, 0.6) is 0 Å². The average molecular weight is 606 g/mol. The molecule has 0 rings (SSSR count). The van der Waals surface area contributed by atoms with Crippen LogP contribution in [0.2, 0.25) is 0 Å². The Labute approximate surface area is 244 Å². The second-order valence-electron chi connectivity index (χ2n) is 10.4. The SMILES string of the molecule is CC(C)[C@H](NC(=O)[C@@H](NC(=O)[C@@H](NC(=O)[C@@H](N)CO)[C@@H](C)O)[C@@H](C)O)C(=O)N[C@@H](CCCCN)C(=O)N[C@@H](C)C(=O)O. The van der Waals surface area contributed by atoms with Gasteiger partial charge in [-0.2, -0.15) is 0 Å². The Morgan fingerprint density at radius 2 is 1.12 bits per heavy atom. The summed E-state index contributed by atoms with van der Waals surface area (Å²) in [4.78, 5) is 75.1. The van der Waals surface area contributed by atoms with E-state index in [1.165, 1.54) is 20.8 Å². The molecule has 0 radical (unpaired) electrons. The maximum Gasteiger partial charge on any atom is 0.325 e. The first-order valence-corrected chi connectivity index (χ1v) is 13.7. The normalized spacial score (nSPS) is 16.9. The molecule has 0 aliphatic rings. The van der Waals surface area contributed by atoms with Crippen LogP contribution in [-0.2, 0) is 28.8 Å². The number of hydrogen-bond donors (Lipinski definition) is 11. The van der Waals surface area contributed by atoms with Crippen LogP contribution in [0, 0.1) is 5.92 Å². The quantitative estimate of drug-likeness (QED) is 0.0620. The minimum atomic E-state index is -1.64. The Kier molecular flexibility index (Phi) is 17.4. The van der Waals surface area contributed by atoms with Crippen molar-refractivity contribution in [3.05, 3.63) is 0 Å². The lowest BCUT2D eigenvalue weighted by Gasteiger charge is -2.29. The van der Waals surface area contributed by atoms with Crippen LogP contribution < -0.4 is 38.1 Å². The molecule has 0 aromatic rings. The highest BCUT2D eigenvalue weighted by molar-refractivity contribution is 5.96. The van der Waals surface area contributed by atoms with E-state index >= 15 is 0 Å². The van der Waals surface area contributed by atoms with E-state index in [0.717, 1.165) is 0 Å². The summed E-state index contributed by atoms with van der Waals surface area (Å²) in [6, 6.07) is -8.25. The summed E-state index contributed by atoms with van der Waals surface area (Å²) in [6.45, 7) is 6.43. The number of carboxylic acids is 1. The molecule has 5 amide bonds. The van der Waals surface area contributed by atoms with Gasteiger partial charge in [0.2, 0.25) is 29.5 Å². The van der Waals surface area contributed by atoms with Crippen molar-refractivity contribution in [1.29, 1.82) is 0 Å². The third kappa shape index (κ3) is 13.1. The Hall–Kier alpha value is -3.38. The number of nitrogens with one attached hydrogen (secondary N) is 5. The highest BCUT2D eigenvalue weighted by atomic mass is 16.4. The number of aliphatic hydroxyl groups excluding tert-OH is 3. The van der Waals surface area contributed by atoms with Gasteiger partial charge in [0.15, 0.2) is 0 Å². The lowest BCUT2D eigenvalue weighted by atomic mass is 10.0. The van der Waals surface area contributed by atoms with Crippen molar-refractivity contribution < 1.29 is 49.2 Å². The van der Waals surface area contributed by atoms with Gasteiger partial charge < -0.3 is 58.5 Å². The molecule has 0 fully saturated rings. The monoisotopic (exact) mass is 605 g/mol. The summed E-state index contributed by atoms with van der Waals surface area (Å²) in [5, 5.41) is 50.0. The van der Waals surface area contributed by atoms with Gasteiger partial charge in [-0.1, -0.05) is 13.8 Å². The first-order valence-electron chi connectivity index (χ1n) is 13.7. The number of rotatable bonds is 19. The number of amides is 5. The summed E-state index contributed by atoms with van der Waals surface area (Å²) in [6.07, 6.45) is -1.85. The van der Waals surface area contributed by atoms with Crippen LogP contribution in [0.25, 0.3) is 0 Å². The van der Waals surface area contributed by atoms with E-state index in [1.807, 2.05) is 0 Å². The molecule has 17 heteroatoms. The summed E-state index contributed by atoms with van der Waals surface area (Å²) < 4.78 is 0. The van der Waals surface area contributed by atoms with Gasteiger partial charge in [0, 0.05) is 0 Å². The number of hydrogen-bond acceptors (Lipinski definition) is 11. The van der Waals surface area contributed by atoms with Crippen molar-refractivity contribution >= 4 is 35.5 Å². The smallest absolute Gasteiger partial charge is 0.325 e. The fraction of sp³-hybridized carbons (Fsp3) is 0.760. The molecule has 0 bridgehead atoms. The summed E-state index contributed by atoms with van der Waals surface area (Å²) in [7, 11) is 0. The lowest BCUT2D eigenvalue weighted by Crippen LogP contribution is -2.63. The first-order chi connectivity index (χ1) is 19.5. The Morgan fingerprint density at radius 1 is 0.667 bits per heavy atom. The third-order valence-corrected chi connectivity index (χ3v) is 6.21. The molecular weight excluding hydrogens is 558 g/mol. The summed E-state index contributed by atoms with van der Waals surface area (Å²) in [5.74, 6) is -6.34. The molecule has 0 aromatic heterocycles. The van der Waals surface area contributed by atoms with Crippen molar-refractivity contribution in [1.82, 2.24) is 26.6 Å². The minimum absolute atomic E-state index is 0.138. The van der Waals surface area contributed by atoms with E-state index in [0.29, 0.717) is 19.4 Å². The van der Waals surface area contributed by atoms with Crippen molar-refractivity contribution in [3.8, 4) is 0 Å². The molecule has 13 N–H and O–H groups in total. The Balaban J connectivity index is 5.79. The molecule has 0 saturated heterocycles. The van der Waals surface area contributed by atoms with Gasteiger partial charge in [0.05, 0.1) is 18.8 Å². The zero-order chi connectivity index (χ0) is 32.7. The fourth-order valence-electron chi connectivity index (χ4n) is 3.57. The largest absolute Gasteiger partial charge is 0.480 e. The maximum atomic E-state index is 13.2. The fourth-order valence-corrected chi connectivity index (χ4v) is 3.57. The van der Waals surface area contributed by atoms with E-state index in [-0.39, 0.29) is 6.42 Å². The van der Waals surface area contributed by atoms with Gasteiger partial charge in [-0.05, 0) is 52.5 Å². The summed E-state index contributed by atoms with van der Waals surface area (Å²) >= 11 is 0. The zero-order valence-electron chi connectivity index (χ0n) is 24.6. The molecule has 0 aromatic carbocycles. The number of carbonyl (C=O) groups is 6. The van der Waals surface area contributed by atoms with Gasteiger partial charge >= 0.3 is 5.97 Å². The predicted molar refractivity (Wildman–Crippen MR) is 149 cm³/mol. The molecule has 17 nitrogen and oxygen atoms in total. The van der Waals surface area contributed by atoms with Crippen LogP contribution in [-0.4, -0.2) is 118 Å². The van der Waals surface area contributed by atoms with Gasteiger partial charge in [-0.15, -0.1) is 0 Å². The average Bonchev–Trinajstić information content (AvgIpc) is 2.90. The van der Waals surface area contributed by atoms with E-state index in [1.54, 1.807) is 13.8 Å². The van der Waals surface area contributed by atoms with Crippen LogP contribution in [0.3, 0.4) is 0 Å². The van der Waals surface area contributed by atoms with E-state index < -0.39 is 96.5 Å². The molecule has 0 spiro atoms. The Bertz CT molecular complexity index is 931. The van der Waals surface area contributed by atoms with E-state index in [2.05, 4.69) is 26.6 Å². The minimum Gasteiger partial charge on any atom is -0.480 e. The van der Waals surface area contributed by atoms with E-state index in [4.69, 9.17) is 21.7 Å². The highest BCUT2D eigenvalue weighted by Gasteiger charge is 2.36. The molecule has 42 heavy (non-hydrogen) atoms. The molecule has 8 atom stereocenters. The van der Waals surface area contributed by atoms with E-state index in [9.17, 15) is 39.0 Å². The molecule has 242 valence electrons. The number of aliphatic hydroxyl groups is 3.